The molecule has 0 unspecified atom stereocenters. The Hall–Kier alpha value is -0.970. The molecule has 0 aliphatic heterocycles. The van der Waals surface area contributed by atoms with Crippen LogP contribution in [0.4, 0.5) is 0 Å². The Kier molecular flexibility index (Phi) is 4.48. The molecule has 0 amide bonds. The number of phenols is 1. The average Bonchev–Trinajstić information content (AvgIpc) is 2.34. The number of aromatic hydroxyl groups is 1. The van der Waals surface area contributed by atoms with Gasteiger partial charge in [-0.2, -0.15) is 0 Å². The number of methoxy groups -OCH3 is 1. The summed E-state index contributed by atoms with van der Waals surface area (Å²) in [6.45, 7) is 3.26. The van der Waals surface area contributed by atoms with Gasteiger partial charge in [-0.15, -0.1) is 0 Å². The Morgan fingerprint density at radius 2 is 2.00 bits per heavy atom. The fraction of sp³-hybridized carbons (Fsp3) is 0.417. The minimum Gasteiger partial charge on any atom is -0.506 e. The third kappa shape index (κ3) is 2.55. The predicted octanol–water partition coefficient (Wildman–Crippen LogP) is 2.90. The van der Waals surface area contributed by atoms with E-state index in [-0.39, 0.29) is 15.8 Å². The Balaban J connectivity index is 3.23. The number of esters is 1. The summed E-state index contributed by atoms with van der Waals surface area (Å²) in [4.78, 5) is 11.7. The van der Waals surface area contributed by atoms with Gasteiger partial charge in [-0.25, -0.2) is 0 Å². The number of benzene rings is 1. The Labute approximate surface area is 116 Å². The number of halogens is 2. The topological polar surface area (TPSA) is 72.5 Å². The lowest BCUT2D eigenvalue weighted by Crippen LogP contribution is -2.37. The molecule has 0 saturated heterocycles. The van der Waals surface area contributed by atoms with Crippen LogP contribution in [0.15, 0.2) is 12.1 Å². The fourth-order valence-corrected chi connectivity index (χ4v) is 1.91. The van der Waals surface area contributed by atoms with Crippen molar-refractivity contribution in [3.05, 3.63) is 27.7 Å². The number of phenolic OH excluding ortho intramolecular Hbond substituents is 1. The first-order valence-corrected chi connectivity index (χ1v) is 6.00. The van der Waals surface area contributed by atoms with E-state index in [1.54, 1.807) is 19.9 Å². The van der Waals surface area contributed by atoms with E-state index in [4.69, 9.17) is 33.7 Å². The van der Waals surface area contributed by atoms with Gasteiger partial charge in [-0.05, 0) is 19.9 Å². The minimum absolute atomic E-state index is 0.0188. The smallest absolute Gasteiger partial charge is 0.313 e. The summed E-state index contributed by atoms with van der Waals surface area (Å²) >= 11 is 11.6. The monoisotopic (exact) mass is 291 g/mol. The van der Waals surface area contributed by atoms with Crippen LogP contribution >= 0.6 is 23.2 Å². The van der Waals surface area contributed by atoms with Crippen molar-refractivity contribution in [1.29, 1.82) is 0 Å². The number of carbonyl (C=O) groups excluding carboxylic acids is 1. The zero-order chi connectivity index (χ0) is 14.1. The van der Waals surface area contributed by atoms with Crippen LogP contribution in [0.2, 0.25) is 10.0 Å². The summed E-state index contributed by atoms with van der Waals surface area (Å²) < 4.78 is 4.69. The lowest BCUT2D eigenvalue weighted by Gasteiger charge is -2.29. The SMILES string of the molecule is COC(=O)C(C)(C)[C@H](N)c1ccc(Cl)c(Cl)c1O. The van der Waals surface area contributed by atoms with Crippen molar-refractivity contribution in [1.82, 2.24) is 0 Å². The number of hydrogen-bond donors (Lipinski definition) is 2. The Morgan fingerprint density at radius 3 is 2.50 bits per heavy atom. The molecule has 100 valence electrons. The van der Waals surface area contributed by atoms with Crippen molar-refractivity contribution >= 4 is 29.2 Å². The largest absolute Gasteiger partial charge is 0.506 e. The highest BCUT2D eigenvalue weighted by atomic mass is 35.5. The number of ether oxygens (including phenoxy) is 1. The first-order chi connectivity index (χ1) is 8.23. The van der Waals surface area contributed by atoms with Gasteiger partial charge in [0.25, 0.3) is 0 Å². The van der Waals surface area contributed by atoms with E-state index < -0.39 is 17.4 Å². The van der Waals surface area contributed by atoms with Gasteiger partial charge >= 0.3 is 5.97 Å². The lowest BCUT2D eigenvalue weighted by atomic mass is 9.80. The summed E-state index contributed by atoms with van der Waals surface area (Å²) in [7, 11) is 1.28. The second-order valence-electron chi connectivity index (χ2n) is 4.49. The standard InChI is InChI=1S/C12H15Cl2NO3/c1-12(2,11(17)18-3)10(15)6-4-5-7(13)8(14)9(6)16/h4-5,10,16H,15H2,1-3H3/t10-/m1/s1. The van der Waals surface area contributed by atoms with Gasteiger partial charge in [0.05, 0.1) is 17.5 Å². The first-order valence-electron chi connectivity index (χ1n) is 5.24. The van der Waals surface area contributed by atoms with Gasteiger partial charge in [0.15, 0.2) is 0 Å². The van der Waals surface area contributed by atoms with Gasteiger partial charge in [0.2, 0.25) is 0 Å². The van der Waals surface area contributed by atoms with E-state index >= 15 is 0 Å². The van der Waals surface area contributed by atoms with E-state index in [2.05, 4.69) is 0 Å². The second-order valence-corrected chi connectivity index (χ2v) is 5.28. The van der Waals surface area contributed by atoms with Crippen molar-refractivity contribution in [3.63, 3.8) is 0 Å². The summed E-state index contributed by atoms with van der Waals surface area (Å²) in [5.41, 5.74) is 5.36. The quantitative estimate of drug-likeness (QED) is 0.840. The molecular formula is C12H15Cl2NO3. The van der Waals surface area contributed by atoms with Crippen LogP contribution in [0.5, 0.6) is 5.75 Å². The highest BCUT2D eigenvalue weighted by Gasteiger charge is 2.38. The molecule has 3 N–H and O–H groups in total. The highest BCUT2D eigenvalue weighted by Crippen LogP contribution is 2.41. The molecule has 4 nitrogen and oxygen atoms in total. The molecule has 0 fully saturated rings. The number of rotatable bonds is 3. The van der Waals surface area contributed by atoms with E-state index in [1.807, 2.05) is 0 Å². The summed E-state index contributed by atoms with van der Waals surface area (Å²) in [5, 5.41) is 10.2. The van der Waals surface area contributed by atoms with Crippen molar-refractivity contribution < 1.29 is 14.6 Å². The summed E-state index contributed by atoms with van der Waals surface area (Å²) in [6.07, 6.45) is 0. The molecule has 1 aromatic carbocycles. The van der Waals surface area contributed by atoms with Gasteiger partial charge < -0.3 is 15.6 Å². The Bertz CT molecular complexity index is 475. The van der Waals surface area contributed by atoms with Crippen molar-refractivity contribution in [2.45, 2.75) is 19.9 Å². The fourth-order valence-electron chi connectivity index (χ4n) is 1.58. The Morgan fingerprint density at radius 1 is 1.44 bits per heavy atom. The van der Waals surface area contributed by atoms with Crippen molar-refractivity contribution in [2.24, 2.45) is 11.1 Å². The molecule has 0 aliphatic carbocycles. The van der Waals surface area contributed by atoms with Crippen molar-refractivity contribution in [2.75, 3.05) is 7.11 Å². The highest BCUT2D eigenvalue weighted by molar-refractivity contribution is 6.43. The number of hydrogen-bond acceptors (Lipinski definition) is 4. The zero-order valence-electron chi connectivity index (χ0n) is 10.3. The van der Waals surface area contributed by atoms with Crippen molar-refractivity contribution in [3.8, 4) is 5.75 Å². The first kappa shape index (κ1) is 15.1. The number of nitrogens with two attached hydrogens (primary N) is 1. The summed E-state index contributed by atoms with van der Waals surface area (Å²) in [6, 6.07) is 2.30. The molecular weight excluding hydrogens is 277 g/mol. The van der Waals surface area contributed by atoms with Crippen LogP contribution < -0.4 is 5.73 Å². The maximum atomic E-state index is 11.7. The van der Waals surface area contributed by atoms with E-state index in [0.29, 0.717) is 5.56 Å². The average molecular weight is 292 g/mol. The molecule has 0 heterocycles. The molecule has 6 heteroatoms. The third-order valence-electron chi connectivity index (χ3n) is 2.92. The molecule has 1 atom stereocenters. The van der Waals surface area contributed by atoms with E-state index in [0.717, 1.165) is 0 Å². The maximum absolute atomic E-state index is 11.7. The molecule has 1 aromatic rings. The predicted molar refractivity (Wildman–Crippen MR) is 70.9 cm³/mol. The molecule has 0 aromatic heterocycles. The molecule has 0 aliphatic rings. The van der Waals surface area contributed by atoms with Crippen LogP contribution in [0.3, 0.4) is 0 Å². The molecule has 18 heavy (non-hydrogen) atoms. The molecule has 0 saturated carbocycles. The summed E-state index contributed by atoms with van der Waals surface area (Å²) in [5.74, 6) is -0.686. The minimum atomic E-state index is -0.997. The van der Waals surface area contributed by atoms with Crippen LogP contribution in [0.25, 0.3) is 0 Å². The molecule has 1 rings (SSSR count). The lowest BCUT2D eigenvalue weighted by molar-refractivity contribution is -0.152. The van der Waals surface area contributed by atoms with E-state index in [1.165, 1.54) is 13.2 Å². The van der Waals surface area contributed by atoms with Gasteiger partial charge in [0, 0.05) is 11.6 Å². The van der Waals surface area contributed by atoms with Gasteiger partial charge in [0.1, 0.15) is 10.8 Å². The molecule has 0 bridgehead atoms. The van der Waals surface area contributed by atoms with Crippen LogP contribution in [-0.2, 0) is 9.53 Å². The maximum Gasteiger partial charge on any atom is 0.313 e. The second kappa shape index (κ2) is 5.34. The zero-order valence-corrected chi connectivity index (χ0v) is 11.8. The van der Waals surface area contributed by atoms with Gasteiger partial charge in [-0.3, -0.25) is 4.79 Å². The normalized spacial score (nSPS) is 13.2. The van der Waals surface area contributed by atoms with E-state index in [9.17, 15) is 9.90 Å². The van der Waals surface area contributed by atoms with Crippen LogP contribution in [-0.4, -0.2) is 18.2 Å². The van der Waals surface area contributed by atoms with Gasteiger partial charge in [-0.1, -0.05) is 29.3 Å². The molecule has 0 spiro atoms. The van der Waals surface area contributed by atoms with Crippen LogP contribution in [0, 0.1) is 5.41 Å². The van der Waals surface area contributed by atoms with Crippen LogP contribution in [0.1, 0.15) is 25.5 Å². The number of carbonyl (C=O) groups is 1. The molecule has 0 radical (unpaired) electrons. The third-order valence-corrected chi connectivity index (χ3v) is 3.72.